The number of amides is 1. The highest BCUT2D eigenvalue weighted by molar-refractivity contribution is 8.13. The molecule has 0 radical (unpaired) electrons. The summed E-state index contributed by atoms with van der Waals surface area (Å²) in [4.78, 5) is 20.9. The van der Waals surface area contributed by atoms with Crippen molar-refractivity contribution >= 4 is 45.8 Å². The van der Waals surface area contributed by atoms with Gasteiger partial charge in [-0.25, -0.2) is 9.38 Å². The molecule has 0 bridgehead atoms. The summed E-state index contributed by atoms with van der Waals surface area (Å²) in [5.41, 5.74) is 1.59. The number of nitrogens with zero attached hydrogens (tertiary/aromatic N) is 4. The van der Waals surface area contributed by atoms with Crippen LogP contribution >= 0.6 is 23.4 Å². The Hall–Kier alpha value is -2.76. The van der Waals surface area contributed by atoms with Crippen LogP contribution in [0.15, 0.2) is 47.5 Å². The van der Waals surface area contributed by atoms with Crippen molar-refractivity contribution in [1.82, 2.24) is 10.2 Å². The third-order valence-electron chi connectivity index (χ3n) is 4.53. The molecule has 2 aromatic carbocycles. The van der Waals surface area contributed by atoms with Crippen LogP contribution in [0.25, 0.3) is 0 Å². The molecule has 0 aromatic heterocycles. The van der Waals surface area contributed by atoms with Crippen LogP contribution in [0.2, 0.25) is 5.02 Å². The van der Waals surface area contributed by atoms with Crippen LogP contribution in [0.3, 0.4) is 0 Å². The Kier molecular flexibility index (Phi) is 6.96. The number of hydrogen-bond donors (Lipinski definition) is 1. The predicted molar refractivity (Wildman–Crippen MR) is 115 cm³/mol. The average molecular weight is 432 g/mol. The molecule has 0 aliphatic carbocycles. The molecule has 0 unspecified atom stereocenters. The third-order valence-corrected chi connectivity index (χ3v) is 5.34. The first-order chi connectivity index (χ1) is 14.0. The molecular weight excluding hydrogens is 413 g/mol. The Balaban J connectivity index is 1.77. The van der Waals surface area contributed by atoms with Gasteiger partial charge in [-0.3, -0.25) is 10.1 Å². The molecule has 1 heterocycles. The van der Waals surface area contributed by atoms with Crippen molar-refractivity contribution in [2.75, 3.05) is 37.3 Å². The molecule has 1 N–H and O–H groups in total. The van der Waals surface area contributed by atoms with Crippen molar-refractivity contribution in [2.24, 2.45) is 4.99 Å². The molecule has 1 fully saturated rings. The van der Waals surface area contributed by atoms with Gasteiger partial charge in [-0.15, -0.1) is 0 Å². The van der Waals surface area contributed by atoms with Crippen LogP contribution in [0.5, 0.6) is 0 Å². The number of piperazine rings is 1. The van der Waals surface area contributed by atoms with Crippen LogP contribution in [0.4, 0.5) is 15.8 Å². The highest BCUT2D eigenvalue weighted by atomic mass is 35.5. The minimum atomic E-state index is -0.510. The first kappa shape index (κ1) is 21.0. The van der Waals surface area contributed by atoms with Gasteiger partial charge in [0.25, 0.3) is 5.91 Å². The minimum absolute atomic E-state index is 0.0879. The number of halogens is 2. The molecule has 3 rings (SSSR count). The van der Waals surface area contributed by atoms with E-state index >= 15 is 0 Å². The van der Waals surface area contributed by atoms with E-state index in [-0.39, 0.29) is 11.5 Å². The molecule has 1 aliphatic rings. The first-order valence-electron chi connectivity index (χ1n) is 8.89. The number of nitriles is 1. The summed E-state index contributed by atoms with van der Waals surface area (Å²) in [6.07, 6.45) is 3.69. The quantitative estimate of drug-likeness (QED) is 0.346. The summed E-state index contributed by atoms with van der Waals surface area (Å²) >= 11 is 7.46. The maximum Gasteiger partial charge on any atom is 0.256 e. The van der Waals surface area contributed by atoms with Crippen molar-refractivity contribution in [3.63, 3.8) is 0 Å². The largest absolute Gasteiger partial charge is 0.366 e. The van der Waals surface area contributed by atoms with Crippen molar-refractivity contribution in [3.8, 4) is 6.19 Å². The van der Waals surface area contributed by atoms with Crippen LogP contribution in [-0.4, -0.2) is 48.4 Å². The zero-order chi connectivity index (χ0) is 20.8. The standard InChI is InChI=1S/C20H19ClFN5OS/c1-29-20(24-13-23)25-17-12-14(21)6-7-18(17)26-8-10-27(11-9-26)19(28)15-4-2-3-5-16(15)22/h2-7,12H,8-11H2,1H3,(H,24,25). The summed E-state index contributed by atoms with van der Waals surface area (Å²) in [6.45, 7) is 2.07. The van der Waals surface area contributed by atoms with Crippen molar-refractivity contribution in [1.29, 1.82) is 5.26 Å². The molecule has 0 saturated carbocycles. The van der Waals surface area contributed by atoms with E-state index in [0.29, 0.717) is 42.1 Å². The van der Waals surface area contributed by atoms with Gasteiger partial charge in [-0.05, 0) is 36.6 Å². The number of hydrogen-bond acceptors (Lipinski definition) is 5. The average Bonchev–Trinajstić information content (AvgIpc) is 2.73. The van der Waals surface area contributed by atoms with Gasteiger partial charge in [-0.1, -0.05) is 35.5 Å². The fourth-order valence-electron chi connectivity index (χ4n) is 3.09. The lowest BCUT2D eigenvalue weighted by molar-refractivity contribution is 0.0742. The summed E-state index contributed by atoms with van der Waals surface area (Å²) < 4.78 is 13.9. The molecular formula is C20H19ClFN5OS. The lowest BCUT2D eigenvalue weighted by atomic mass is 10.1. The Morgan fingerprint density at radius 1 is 1.24 bits per heavy atom. The fourth-order valence-corrected chi connectivity index (χ4v) is 3.59. The van der Waals surface area contributed by atoms with E-state index in [4.69, 9.17) is 16.9 Å². The van der Waals surface area contributed by atoms with Gasteiger partial charge in [0.15, 0.2) is 11.4 Å². The zero-order valence-corrected chi connectivity index (χ0v) is 17.3. The van der Waals surface area contributed by atoms with E-state index in [1.807, 2.05) is 18.5 Å². The third kappa shape index (κ3) is 5.00. The second-order valence-corrected chi connectivity index (χ2v) is 7.48. The minimum Gasteiger partial charge on any atom is -0.366 e. The molecule has 29 heavy (non-hydrogen) atoms. The summed E-state index contributed by atoms with van der Waals surface area (Å²) in [5, 5.41) is 12.4. The number of aliphatic imine (C=N–C) groups is 1. The van der Waals surface area contributed by atoms with Crippen LogP contribution in [-0.2, 0) is 0 Å². The molecule has 150 valence electrons. The maximum absolute atomic E-state index is 13.9. The van der Waals surface area contributed by atoms with Gasteiger partial charge in [0.2, 0.25) is 0 Å². The van der Waals surface area contributed by atoms with E-state index in [1.165, 1.54) is 23.9 Å². The van der Waals surface area contributed by atoms with Crippen LogP contribution in [0, 0.1) is 17.3 Å². The SMILES string of the molecule is CSC(=Nc1cc(Cl)ccc1N1CCN(C(=O)c2ccccc2F)CC1)NC#N. The fraction of sp³-hybridized carbons (Fsp3) is 0.250. The normalized spacial score (nSPS) is 14.5. The summed E-state index contributed by atoms with van der Waals surface area (Å²) in [5.74, 6) is -0.816. The number of carbonyl (C=O) groups excluding carboxylic acids is 1. The Labute approximate surface area is 178 Å². The van der Waals surface area contributed by atoms with Crippen LogP contribution < -0.4 is 10.2 Å². The number of rotatable bonds is 3. The van der Waals surface area contributed by atoms with E-state index in [0.717, 1.165) is 5.69 Å². The second-order valence-electron chi connectivity index (χ2n) is 6.25. The molecule has 0 spiro atoms. The van der Waals surface area contributed by atoms with Gasteiger partial charge < -0.3 is 9.80 Å². The highest BCUT2D eigenvalue weighted by Crippen LogP contribution is 2.33. The van der Waals surface area contributed by atoms with E-state index < -0.39 is 5.82 Å². The van der Waals surface area contributed by atoms with Crippen LogP contribution in [0.1, 0.15) is 10.4 Å². The molecule has 2 aromatic rings. The predicted octanol–water partition coefficient (Wildman–Crippen LogP) is 3.86. The van der Waals surface area contributed by atoms with E-state index in [9.17, 15) is 9.18 Å². The first-order valence-corrected chi connectivity index (χ1v) is 10.5. The van der Waals surface area contributed by atoms with Gasteiger partial charge in [0, 0.05) is 31.2 Å². The summed E-state index contributed by atoms with van der Waals surface area (Å²) in [6, 6.07) is 11.4. The molecule has 1 aliphatic heterocycles. The molecule has 6 nitrogen and oxygen atoms in total. The lowest BCUT2D eigenvalue weighted by Gasteiger charge is -2.36. The number of benzene rings is 2. The molecule has 1 saturated heterocycles. The number of anilines is 1. The Morgan fingerprint density at radius 2 is 1.97 bits per heavy atom. The number of carbonyl (C=O) groups is 1. The van der Waals surface area contributed by atoms with Crippen molar-refractivity contribution in [3.05, 3.63) is 58.9 Å². The molecule has 0 atom stereocenters. The molecule has 9 heteroatoms. The zero-order valence-electron chi connectivity index (χ0n) is 15.7. The molecule has 1 amide bonds. The number of thioether (sulfide) groups is 1. The topological polar surface area (TPSA) is 71.7 Å². The lowest BCUT2D eigenvalue weighted by Crippen LogP contribution is -2.49. The van der Waals surface area contributed by atoms with Gasteiger partial charge >= 0.3 is 0 Å². The monoisotopic (exact) mass is 431 g/mol. The Bertz CT molecular complexity index is 970. The van der Waals surface area contributed by atoms with Crippen molar-refractivity contribution < 1.29 is 9.18 Å². The van der Waals surface area contributed by atoms with Gasteiger partial charge in [0.05, 0.1) is 16.9 Å². The smallest absolute Gasteiger partial charge is 0.256 e. The highest BCUT2D eigenvalue weighted by Gasteiger charge is 2.25. The van der Waals surface area contributed by atoms with Gasteiger partial charge in [0.1, 0.15) is 5.82 Å². The van der Waals surface area contributed by atoms with Gasteiger partial charge in [-0.2, -0.15) is 5.26 Å². The van der Waals surface area contributed by atoms with E-state index in [1.54, 1.807) is 29.2 Å². The Morgan fingerprint density at radius 3 is 2.62 bits per heavy atom. The number of amidine groups is 1. The van der Waals surface area contributed by atoms with E-state index in [2.05, 4.69) is 15.2 Å². The maximum atomic E-state index is 13.9. The number of nitrogens with one attached hydrogen (secondary N) is 1. The second kappa shape index (κ2) is 9.63. The van der Waals surface area contributed by atoms with Crippen molar-refractivity contribution in [2.45, 2.75) is 0 Å². The summed E-state index contributed by atoms with van der Waals surface area (Å²) in [7, 11) is 0.